The van der Waals surface area contributed by atoms with Gasteiger partial charge in [0.25, 0.3) is 5.56 Å². The van der Waals surface area contributed by atoms with E-state index in [0.717, 1.165) is 11.3 Å². The van der Waals surface area contributed by atoms with Crippen LogP contribution in [0.3, 0.4) is 0 Å². The van der Waals surface area contributed by atoms with Gasteiger partial charge in [0.15, 0.2) is 27.8 Å². The van der Waals surface area contributed by atoms with Crippen LogP contribution in [0.15, 0.2) is 57.5 Å². The molecule has 12 heteroatoms. The summed E-state index contributed by atoms with van der Waals surface area (Å²) in [6.07, 6.45) is 1.64. The minimum absolute atomic E-state index is 0.129. The first-order valence-corrected chi connectivity index (χ1v) is 13.3. The SMILES string of the molecule is CCOC(=O)C1=C(C)N=c2sc(=Cc3ccc(OC)c(OC(C)=O)c3)c(=O)n2C1c1ccc(OC(C)=O)c(OC)c1. The molecule has 0 saturated carbocycles. The Bertz CT molecular complexity index is 1750. The number of carbonyl (C=O) groups excluding carboxylic acids is 3. The van der Waals surface area contributed by atoms with Crippen molar-refractivity contribution in [3.8, 4) is 23.0 Å². The average Bonchev–Trinajstić information content (AvgIpc) is 3.21. The fourth-order valence-electron chi connectivity index (χ4n) is 4.37. The third-order valence-electron chi connectivity index (χ3n) is 6.01. The molecule has 11 nitrogen and oxygen atoms in total. The maximum absolute atomic E-state index is 13.9. The van der Waals surface area contributed by atoms with Gasteiger partial charge >= 0.3 is 17.9 Å². The Kier molecular flexibility index (Phi) is 8.72. The zero-order valence-corrected chi connectivity index (χ0v) is 24.1. The summed E-state index contributed by atoms with van der Waals surface area (Å²) in [6.45, 7) is 6.04. The molecule has 3 aromatic rings. The highest BCUT2D eigenvalue weighted by atomic mass is 32.1. The zero-order chi connectivity index (χ0) is 29.8. The first-order chi connectivity index (χ1) is 19.6. The Balaban J connectivity index is 1.92. The quantitative estimate of drug-likeness (QED) is 0.291. The summed E-state index contributed by atoms with van der Waals surface area (Å²) in [6, 6.07) is 8.82. The molecule has 1 aliphatic heterocycles. The maximum Gasteiger partial charge on any atom is 0.338 e. The number of rotatable bonds is 8. The maximum atomic E-state index is 13.9. The largest absolute Gasteiger partial charge is 0.493 e. The van der Waals surface area contributed by atoms with Crippen LogP contribution >= 0.6 is 11.3 Å². The van der Waals surface area contributed by atoms with E-state index in [1.54, 1.807) is 50.3 Å². The van der Waals surface area contributed by atoms with Gasteiger partial charge in [-0.15, -0.1) is 0 Å². The molecule has 2 aromatic carbocycles. The lowest BCUT2D eigenvalue weighted by Gasteiger charge is -2.25. The van der Waals surface area contributed by atoms with E-state index in [4.69, 9.17) is 23.7 Å². The van der Waals surface area contributed by atoms with Crippen molar-refractivity contribution in [2.75, 3.05) is 20.8 Å². The van der Waals surface area contributed by atoms with Crippen LogP contribution in [0.1, 0.15) is 44.9 Å². The molecular formula is C29H28N2O9S. The number of methoxy groups -OCH3 is 2. The molecule has 0 bridgehead atoms. The molecule has 4 rings (SSSR count). The fourth-order valence-corrected chi connectivity index (χ4v) is 5.42. The molecule has 0 spiro atoms. The van der Waals surface area contributed by atoms with Gasteiger partial charge < -0.3 is 23.7 Å². The van der Waals surface area contributed by atoms with Gasteiger partial charge in [-0.2, -0.15) is 0 Å². The number of aromatic nitrogens is 1. The van der Waals surface area contributed by atoms with E-state index in [0.29, 0.717) is 31.9 Å². The van der Waals surface area contributed by atoms with Gasteiger partial charge in [0.05, 0.1) is 42.7 Å². The monoisotopic (exact) mass is 580 g/mol. The van der Waals surface area contributed by atoms with Gasteiger partial charge in [0.2, 0.25) is 0 Å². The minimum Gasteiger partial charge on any atom is -0.493 e. The van der Waals surface area contributed by atoms with E-state index >= 15 is 0 Å². The van der Waals surface area contributed by atoms with Gasteiger partial charge in [-0.3, -0.25) is 19.0 Å². The van der Waals surface area contributed by atoms with Crippen molar-refractivity contribution >= 4 is 35.3 Å². The van der Waals surface area contributed by atoms with Crippen molar-refractivity contribution in [1.29, 1.82) is 0 Å². The molecule has 0 N–H and O–H groups in total. The third kappa shape index (κ3) is 6.07. The molecular weight excluding hydrogens is 552 g/mol. The first-order valence-electron chi connectivity index (χ1n) is 12.5. The van der Waals surface area contributed by atoms with Crippen molar-refractivity contribution in [2.24, 2.45) is 4.99 Å². The van der Waals surface area contributed by atoms with E-state index in [-0.39, 0.29) is 29.4 Å². The molecule has 0 radical (unpaired) electrons. The Labute approximate surface area is 238 Å². The molecule has 0 saturated heterocycles. The van der Waals surface area contributed by atoms with Crippen LogP contribution in [0.25, 0.3) is 6.08 Å². The third-order valence-corrected chi connectivity index (χ3v) is 7.00. The molecule has 41 heavy (non-hydrogen) atoms. The van der Waals surface area contributed by atoms with Gasteiger partial charge in [-0.05, 0) is 55.3 Å². The second-order valence-electron chi connectivity index (χ2n) is 8.81. The Morgan fingerprint density at radius 2 is 1.61 bits per heavy atom. The predicted octanol–water partition coefficient (Wildman–Crippen LogP) is 2.67. The number of thiazole rings is 1. The summed E-state index contributed by atoms with van der Waals surface area (Å²) in [5.41, 5.74) is 1.28. The van der Waals surface area contributed by atoms with Crippen molar-refractivity contribution in [3.05, 3.63) is 78.5 Å². The molecule has 1 unspecified atom stereocenters. The van der Waals surface area contributed by atoms with Crippen molar-refractivity contribution < 1.29 is 38.1 Å². The van der Waals surface area contributed by atoms with Gasteiger partial charge in [-0.1, -0.05) is 23.5 Å². The Morgan fingerprint density at radius 1 is 0.951 bits per heavy atom. The van der Waals surface area contributed by atoms with Crippen LogP contribution in [-0.2, 0) is 19.1 Å². The summed E-state index contributed by atoms with van der Waals surface area (Å²) in [4.78, 5) is 55.1. The molecule has 1 atom stereocenters. The fraction of sp³-hybridized carbons (Fsp3) is 0.276. The second-order valence-corrected chi connectivity index (χ2v) is 9.82. The number of nitrogens with zero attached hydrogens (tertiary/aromatic N) is 2. The van der Waals surface area contributed by atoms with Crippen molar-refractivity contribution in [1.82, 2.24) is 4.57 Å². The lowest BCUT2D eigenvalue weighted by atomic mass is 9.95. The van der Waals surface area contributed by atoms with Crippen molar-refractivity contribution in [2.45, 2.75) is 33.7 Å². The number of carbonyl (C=O) groups is 3. The second kappa shape index (κ2) is 12.2. The lowest BCUT2D eigenvalue weighted by molar-refractivity contribution is -0.139. The summed E-state index contributed by atoms with van der Waals surface area (Å²) in [5, 5.41) is 0. The summed E-state index contributed by atoms with van der Waals surface area (Å²) < 4.78 is 28.3. The highest BCUT2D eigenvalue weighted by molar-refractivity contribution is 7.07. The normalized spacial score (nSPS) is 14.6. The number of hydrogen-bond acceptors (Lipinski definition) is 11. The van der Waals surface area contributed by atoms with E-state index in [9.17, 15) is 19.2 Å². The Hall–Kier alpha value is -4.71. The number of hydrogen-bond donors (Lipinski definition) is 0. The molecule has 0 amide bonds. The van der Waals surface area contributed by atoms with Crippen LogP contribution in [0.2, 0.25) is 0 Å². The van der Waals surface area contributed by atoms with E-state index in [1.807, 2.05) is 0 Å². The highest BCUT2D eigenvalue weighted by Crippen LogP contribution is 2.36. The van der Waals surface area contributed by atoms with Crippen molar-refractivity contribution in [3.63, 3.8) is 0 Å². The standard InChI is InChI=1S/C29H28N2O9S/c1-7-38-28(35)25-15(2)30-29-31(26(25)19-9-11-21(39-16(3)32)22(14-19)37-6)27(34)24(41-29)13-18-8-10-20(36-5)23(12-18)40-17(4)33/h8-14,26H,7H2,1-6H3. The molecule has 214 valence electrons. The van der Waals surface area contributed by atoms with Gasteiger partial charge in [0.1, 0.15) is 0 Å². The number of ether oxygens (including phenoxy) is 5. The molecule has 0 aliphatic carbocycles. The number of esters is 3. The topological polar surface area (TPSA) is 132 Å². The van der Waals surface area contributed by atoms with Crippen LogP contribution in [0.4, 0.5) is 0 Å². The minimum atomic E-state index is -0.903. The van der Waals surface area contributed by atoms with Crippen LogP contribution < -0.4 is 33.8 Å². The Morgan fingerprint density at radius 3 is 2.24 bits per heavy atom. The lowest BCUT2D eigenvalue weighted by Crippen LogP contribution is -2.40. The van der Waals surface area contributed by atoms with Crippen LogP contribution in [0.5, 0.6) is 23.0 Å². The van der Waals surface area contributed by atoms with E-state index in [2.05, 4.69) is 4.99 Å². The zero-order valence-electron chi connectivity index (χ0n) is 23.3. The number of benzene rings is 2. The molecule has 2 heterocycles. The van der Waals surface area contributed by atoms with Gasteiger partial charge in [0, 0.05) is 13.8 Å². The average molecular weight is 581 g/mol. The molecule has 1 aromatic heterocycles. The predicted molar refractivity (Wildman–Crippen MR) is 149 cm³/mol. The molecule has 0 fully saturated rings. The van der Waals surface area contributed by atoms with Gasteiger partial charge in [-0.25, -0.2) is 9.79 Å². The smallest absolute Gasteiger partial charge is 0.338 e. The first kappa shape index (κ1) is 29.3. The summed E-state index contributed by atoms with van der Waals surface area (Å²) in [7, 11) is 2.88. The summed E-state index contributed by atoms with van der Waals surface area (Å²) in [5.74, 6) is -0.650. The molecule has 1 aliphatic rings. The van der Waals surface area contributed by atoms with Crippen LogP contribution in [-0.4, -0.2) is 43.3 Å². The number of allylic oxidation sites excluding steroid dienone is 1. The van der Waals surface area contributed by atoms with Crippen LogP contribution in [0, 0.1) is 0 Å². The summed E-state index contributed by atoms with van der Waals surface area (Å²) >= 11 is 1.14. The number of fused-ring (bicyclic) bond motifs is 1. The highest BCUT2D eigenvalue weighted by Gasteiger charge is 2.34. The van der Waals surface area contributed by atoms with E-state index < -0.39 is 29.5 Å². The van der Waals surface area contributed by atoms with E-state index in [1.165, 1.54) is 38.7 Å².